The minimum Gasteiger partial charge on any atom is -0.399 e. The molecule has 1 aromatic rings. The minimum absolute atomic E-state index is 0.108. The molecule has 2 amide bonds. The highest BCUT2D eigenvalue weighted by atomic mass is 19.1. The molecule has 1 fully saturated rings. The van der Waals surface area contributed by atoms with Crippen LogP contribution in [-0.2, 0) is 4.79 Å². The van der Waals surface area contributed by atoms with Gasteiger partial charge in [0.1, 0.15) is 5.82 Å². The van der Waals surface area contributed by atoms with Crippen LogP contribution in [0.5, 0.6) is 0 Å². The molecular weight excluding hydrogens is 249 g/mol. The number of nitrogens with one attached hydrogen (secondary N) is 1. The van der Waals surface area contributed by atoms with Crippen molar-refractivity contribution in [3.8, 4) is 0 Å². The standard InChI is InChI=1S/C13H16FN3O2/c14-11-7-9(15)3-4-10(11)13(19)16-8-12(18)17-5-1-2-6-17/h3-4,7H,1-2,5-6,8,15H2,(H,16,19). The lowest BCUT2D eigenvalue weighted by Gasteiger charge is -2.15. The number of anilines is 1. The summed E-state index contributed by atoms with van der Waals surface area (Å²) in [5.74, 6) is -1.43. The second kappa shape index (κ2) is 5.69. The highest BCUT2D eigenvalue weighted by molar-refractivity contribution is 5.97. The second-order valence-electron chi connectivity index (χ2n) is 4.51. The number of nitrogens with two attached hydrogens (primary N) is 1. The van der Waals surface area contributed by atoms with E-state index >= 15 is 0 Å². The largest absolute Gasteiger partial charge is 0.399 e. The fraction of sp³-hybridized carbons (Fsp3) is 0.385. The van der Waals surface area contributed by atoms with E-state index in [1.165, 1.54) is 12.1 Å². The number of likely N-dealkylation sites (tertiary alicyclic amines) is 1. The van der Waals surface area contributed by atoms with Crippen LogP contribution in [0.25, 0.3) is 0 Å². The molecule has 0 unspecified atom stereocenters. The molecule has 0 saturated carbocycles. The Kier molecular flexibility index (Phi) is 3.99. The molecule has 2 rings (SSSR count). The maximum Gasteiger partial charge on any atom is 0.254 e. The monoisotopic (exact) mass is 265 g/mol. The van der Waals surface area contributed by atoms with Gasteiger partial charge in [-0.05, 0) is 31.0 Å². The molecule has 3 N–H and O–H groups in total. The van der Waals surface area contributed by atoms with Crippen LogP contribution in [0.2, 0.25) is 0 Å². The van der Waals surface area contributed by atoms with Gasteiger partial charge >= 0.3 is 0 Å². The fourth-order valence-electron chi connectivity index (χ4n) is 2.04. The van der Waals surface area contributed by atoms with Gasteiger partial charge in [-0.25, -0.2) is 4.39 Å². The van der Waals surface area contributed by atoms with Gasteiger partial charge in [-0.3, -0.25) is 9.59 Å². The summed E-state index contributed by atoms with van der Waals surface area (Å²) in [5.41, 5.74) is 5.54. The molecule has 0 bridgehead atoms. The average molecular weight is 265 g/mol. The molecule has 0 spiro atoms. The molecule has 0 aromatic heterocycles. The van der Waals surface area contributed by atoms with Gasteiger partial charge in [0.05, 0.1) is 12.1 Å². The van der Waals surface area contributed by atoms with E-state index in [0.29, 0.717) is 0 Å². The number of nitrogen functional groups attached to an aromatic ring is 1. The van der Waals surface area contributed by atoms with Crippen molar-refractivity contribution in [3.05, 3.63) is 29.6 Å². The molecule has 1 saturated heterocycles. The van der Waals surface area contributed by atoms with Crippen LogP contribution in [-0.4, -0.2) is 36.3 Å². The van der Waals surface area contributed by atoms with E-state index in [0.717, 1.165) is 32.0 Å². The molecule has 1 aromatic carbocycles. The number of hydrogen-bond donors (Lipinski definition) is 2. The molecule has 6 heteroatoms. The van der Waals surface area contributed by atoms with Gasteiger partial charge in [-0.2, -0.15) is 0 Å². The molecule has 1 aliphatic rings. The number of carbonyl (C=O) groups is 2. The average Bonchev–Trinajstić information content (AvgIpc) is 2.89. The number of nitrogens with zero attached hydrogens (tertiary/aromatic N) is 1. The van der Waals surface area contributed by atoms with Crippen molar-refractivity contribution in [2.75, 3.05) is 25.4 Å². The summed E-state index contributed by atoms with van der Waals surface area (Å²) < 4.78 is 13.5. The molecule has 0 radical (unpaired) electrons. The lowest BCUT2D eigenvalue weighted by Crippen LogP contribution is -2.38. The Morgan fingerprint density at radius 1 is 1.32 bits per heavy atom. The number of hydrogen-bond acceptors (Lipinski definition) is 3. The number of amides is 2. The van der Waals surface area contributed by atoms with Crippen LogP contribution >= 0.6 is 0 Å². The molecule has 102 valence electrons. The Balaban J connectivity index is 1.92. The van der Waals surface area contributed by atoms with E-state index in [4.69, 9.17) is 5.73 Å². The second-order valence-corrected chi connectivity index (χ2v) is 4.51. The topological polar surface area (TPSA) is 75.4 Å². The summed E-state index contributed by atoms with van der Waals surface area (Å²) in [5, 5.41) is 2.42. The number of carbonyl (C=O) groups excluding carboxylic acids is 2. The van der Waals surface area contributed by atoms with E-state index in [-0.39, 0.29) is 23.7 Å². The smallest absolute Gasteiger partial charge is 0.254 e. The van der Waals surface area contributed by atoms with Crippen LogP contribution in [0, 0.1) is 5.82 Å². The van der Waals surface area contributed by atoms with Crippen LogP contribution in [0.1, 0.15) is 23.2 Å². The predicted octanol–water partition coefficient (Wildman–Crippen LogP) is 0.760. The van der Waals surface area contributed by atoms with Gasteiger partial charge in [0.25, 0.3) is 5.91 Å². The van der Waals surface area contributed by atoms with Gasteiger partial charge in [-0.15, -0.1) is 0 Å². The zero-order valence-corrected chi connectivity index (χ0v) is 10.5. The first-order valence-corrected chi connectivity index (χ1v) is 6.19. The predicted molar refractivity (Wildman–Crippen MR) is 69.0 cm³/mol. The summed E-state index contributed by atoms with van der Waals surface area (Å²) in [6.45, 7) is 1.35. The summed E-state index contributed by atoms with van der Waals surface area (Å²) >= 11 is 0. The van der Waals surface area contributed by atoms with Crippen molar-refractivity contribution in [2.24, 2.45) is 0 Å². The summed E-state index contributed by atoms with van der Waals surface area (Å²) in [6.07, 6.45) is 1.98. The quantitative estimate of drug-likeness (QED) is 0.792. The fourth-order valence-corrected chi connectivity index (χ4v) is 2.04. The SMILES string of the molecule is Nc1ccc(C(=O)NCC(=O)N2CCCC2)c(F)c1. The van der Waals surface area contributed by atoms with E-state index in [1.54, 1.807) is 4.90 Å². The van der Waals surface area contributed by atoms with E-state index in [2.05, 4.69) is 5.32 Å². The number of halogens is 1. The van der Waals surface area contributed by atoms with Crippen molar-refractivity contribution >= 4 is 17.5 Å². The Bertz CT molecular complexity index is 499. The van der Waals surface area contributed by atoms with Crippen molar-refractivity contribution < 1.29 is 14.0 Å². The maximum atomic E-state index is 13.5. The normalized spacial score (nSPS) is 14.5. The minimum atomic E-state index is -0.689. The third-order valence-electron chi connectivity index (χ3n) is 3.10. The zero-order valence-electron chi connectivity index (χ0n) is 10.5. The summed E-state index contributed by atoms with van der Waals surface area (Å²) in [7, 11) is 0. The Hall–Kier alpha value is -2.11. The van der Waals surface area contributed by atoms with E-state index < -0.39 is 11.7 Å². The Morgan fingerprint density at radius 3 is 2.63 bits per heavy atom. The van der Waals surface area contributed by atoms with Crippen molar-refractivity contribution in [3.63, 3.8) is 0 Å². The van der Waals surface area contributed by atoms with Gasteiger partial charge in [0.2, 0.25) is 5.91 Å². The molecular formula is C13H16FN3O2. The first-order chi connectivity index (χ1) is 9.08. The summed E-state index contributed by atoms with van der Waals surface area (Å²) in [4.78, 5) is 25.1. The van der Waals surface area contributed by atoms with E-state index in [1.807, 2.05) is 0 Å². The van der Waals surface area contributed by atoms with E-state index in [9.17, 15) is 14.0 Å². The summed E-state index contributed by atoms with van der Waals surface area (Å²) in [6, 6.07) is 3.83. The molecule has 5 nitrogen and oxygen atoms in total. The van der Waals surface area contributed by atoms with Crippen LogP contribution in [0.3, 0.4) is 0 Å². The Morgan fingerprint density at radius 2 is 2.00 bits per heavy atom. The molecule has 1 aliphatic heterocycles. The molecule has 0 aliphatic carbocycles. The first kappa shape index (κ1) is 13.3. The van der Waals surface area contributed by atoms with Crippen LogP contribution in [0.4, 0.5) is 10.1 Å². The van der Waals surface area contributed by atoms with Crippen molar-refractivity contribution in [1.82, 2.24) is 10.2 Å². The van der Waals surface area contributed by atoms with Crippen LogP contribution in [0.15, 0.2) is 18.2 Å². The number of benzene rings is 1. The lowest BCUT2D eigenvalue weighted by molar-refractivity contribution is -0.129. The highest BCUT2D eigenvalue weighted by Gasteiger charge is 2.19. The highest BCUT2D eigenvalue weighted by Crippen LogP contribution is 2.11. The zero-order chi connectivity index (χ0) is 13.8. The molecule has 19 heavy (non-hydrogen) atoms. The third kappa shape index (κ3) is 3.21. The molecule has 1 heterocycles. The Labute approximate surface area is 110 Å². The third-order valence-corrected chi connectivity index (χ3v) is 3.10. The van der Waals surface area contributed by atoms with Gasteiger partial charge in [0.15, 0.2) is 0 Å². The first-order valence-electron chi connectivity index (χ1n) is 6.19. The van der Waals surface area contributed by atoms with Gasteiger partial charge in [0, 0.05) is 18.8 Å². The van der Waals surface area contributed by atoms with Gasteiger partial charge < -0.3 is 16.0 Å². The van der Waals surface area contributed by atoms with Crippen molar-refractivity contribution in [2.45, 2.75) is 12.8 Å². The van der Waals surface area contributed by atoms with Crippen molar-refractivity contribution in [1.29, 1.82) is 0 Å². The number of rotatable bonds is 3. The molecule has 0 atom stereocenters. The lowest BCUT2D eigenvalue weighted by atomic mass is 10.2. The van der Waals surface area contributed by atoms with Gasteiger partial charge in [-0.1, -0.05) is 0 Å². The van der Waals surface area contributed by atoms with Crippen LogP contribution < -0.4 is 11.1 Å². The maximum absolute atomic E-state index is 13.5.